The van der Waals surface area contributed by atoms with Gasteiger partial charge in [0.15, 0.2) is 6.61 Å². The molecule has 2 aromatic carbocycles. The fourth-order valence-electron chi connectivity index (χ4n) is 5.58. The molecule has 1 N–H and O–H groups in total. The minimum absolute atomic E-state index is 0.0928. The molecule has 1 saturated carbocycles. The van der Waals surface area contributed by atoms with Gasteiger partial charge in [0.05, 0.1) is 35.1 Å². The van der Waals surface area contributed by atoms with Crippen molar-refractivity contribution in [3.8, 4) is 5.75 Å². The van der Waals surface area contributed by atoms with Crippen molar-refractivity contribution in [2.24, 2.45) is 23.7 Å². The van der Waals surface area contributed by atoms with E-state index in [2.05, 4.69) is 11.4 Å². The highest BCUT2D eigenvalue weighted by Crippen LogP contribution is 2.55. The van der Waals surface area contributed by atoms with Crippen molar-refractivity contribution >= 4 is 40.8 Å². The van der Waals surface area contributed by atoms with Crippen molar-refractivity contribution in [2.45, 2.75) is 13.3 Å². The van der Waals surface area contributed by atoms with Crippen molar-refractivity contribution in [2.75, 3.05) is 23.9 Å². The minimum atomic E-state index is -0.810. The number of anilines is 2. The Balaban J connectivity index is 1.21. The molecule has 1 saturated heterocycles. The molecule has 2 fully saturated rings. The van der Waals surface area contributed by atoms with Crippen LogP contribution in [-0.4, -0.2) is 42.3 Å². The zero-order valence-corrected chi connectivity index (χ0v) is 20.0. The number of benzene rings is 2. The first-order valence-corrected chi connectivity index (χ1v) is 11.6. The van der Waals surface area contributed by atoms with Crippen LogP contribution in [0.5, 0.6) is 5.75 Å². The maximum atomic E-state index is 13.1. The van der Waals surface area contributed by atoms with Crippen molar-refractivity contribution in [3.63, 3.8) is 0 Å². The number of imide groups is 1. The maximum absolute atomic E-state index is 13.1. The summed E-state index contributed by atoms with van der Waals surface area (Å²) >= 11 is 0. The van der Waals surface area contributed by atoms with Gasteiger partial charge in [-0.15, -0.1) is 0 Å². The summed E-state index contributed by atoms with van der Waals surface area (Å²) in [5, 5.41) is 13.5. The van der Waals surface area contributed by atoms with Crippen molar-refractivity contribution < 1.29 is 33.6 Å². The standard InChI is InChI=1S/C26H23N3O8/c1-13-9-15-10-18(13)23-22(15)24(31)28(25(23)32)16-5-3-14(4-6-16)26(33)37-12-21(30)27-19-11-17(36-2)7-8-20(19)29(34)35/h3-9,11,15,18,22-23H,10,12H2,1-2H3,(H,27,30)/t15-,18+,22+,23+/m0/s1. The molecular formula is C26H23N3O8. The Morgan fingerprint density at radius 3 is 2.49 bits per heavy atom. The van der Waals surface area contributed by atoms with Gasteiger partial charge >= 0.3 is 5.97 Å². The number of esters is 1. The number of amides is 3. The Kier molecular flexibility index (Phi) is 5.98. The molecule has 0 aromatic heterocycles. The lowest BCUT2D eigenvalue weighted by Crippen LogP contribution is -2.33. The van der Waals surface area contributed by atoms with Crippen LogP contribution in [-0.2, 0) is 19.1 Å². The van der Waals surface area contributed by atoms with Crippen LogP contribution in [0.15, 0.2) is 54.1 Å². The van der Waals surface area contributed by atoms with E-state index in [0.29, 0.717) is 11.4 Å². The van der Waals surface area contributed by atoms with Crippen LogP contribution in [0.2, 0.25) is 0 Å². The highest BCUT2D eigenvalue weighted by atomic mass is 16.6. The monoisotopic (exact) mass is 505 g/mol. The first-order valence-electron chi connectivity index (χ1n) is 11.6. The number of fused-ring (bicyclic) bond motifs is 5. The number of ether oxygens (including phenoxy) is 2. The predicted octanol–water partition coefficient (Wildman–Crippen LogP) is 3.10. The molecule has 11 heteroatoms. The summed E-state index contributed by atoms with van der Waals surface area (Å²) in [4.78, 5) is 62.6. The molecular weight excluding hydrogens is 482 g/mol. The van der Waals surface area contributed by atoms with Gasteiger partial charge in [0.2, 0.25) is 11.8 Å². The Labute approximate surface area is 211 Å². The Hall–Kier alpha value is -4.54. The van der Waals surface area contributed by atoms with Gasteiger partial charge < -0.3 is 14.8 Å². The van der Waals surface area contributed by atoms with E-state index >= 15 is 0 Å². The summed E-state index contributed by atoms with van der Waals surface area (Å²) in [5.41, 5.74) is 1.21. The number of methoxy groups -OCH3 is 1. The maximum Gasteiger partial charge on any atom is 0.338 e. The molecule has 0 spiro atoms. The van der Waals surface area contributed by atoms with Crippen LogP contribution in [0.4, 0.5) is 17.1 Å². The van der Waals surface area contributed by atoms with E-state index in [0.717, 1.165) is 12.0 Å². The molecule has 2 aromatic rings. The van der Waals surface area contributed by atoms with Gasteiger partial charge in [0, 0.05) is 12.1 Å². The molecule has 0 radical (unpaired) electrons. The number of carbonyl (C=O) groups excluding carboxylic acids is 4. The van der Waals surface area contributed by atoms with Gasteiger partial charge in [-0.05, 0) is 55.5 Å². The number of nitro groups is 1. The van der Waals surface area contributed by atoms with Gasteiger partial charge in [0.1, 0.15) is 11.4 Å². The van der Waals surface area contributed by atoms with Crippen LogP contribution in [0.1, 0.15) is 23.7 Å². The molecule has 3 amide bonds. The normalized spacial score (nSPS) is 23.5. The van der Waals surface area contributed by atoms with E-state index in [-0.39, 0.29) is 52.4 Å². The van der Waals surface area contributed by atoms with E-state index in [4.69, 9.17) is 9.47 Å². The van der Waals surface area contributed by atoms with Crippen molar-refractivity contribution in [3.05, 3.63) is 69.8 Å². The summed E-state index contributed by atoms with van der Waals surface area (Å²) in [7, 11) is 1.38. The SMILES string of the molecule is COc1ccc([N+](=O)[O-])c(NC(=O)COC(=O)c2ccc(N3C(=O)[C@H]4[C@H](C3=O)[C@H]3C=C(C)[C@H]4C3)cc2)c1. The number of rotatable bonds is 7. The number of nitrogens with one attached hydrogen (secondary N) is 1. The molecule has 4 atom stereocenters. The number of nitro benzene ring substituents is 1. The second-order valence-electron chi connectivity index (χ2n) is 9.29. The zero-order valence-electron chi connectivity index (χ0n) is 20.0. The summed E-state index contributed by atoms with van der Waals surface area (Å²) in [5.74, 6) is -2.18. The topological polar surface area (TPSA) is 145 Å². The van der Waals surface area contributed by atoms with Crippen molar-refractivity contribution in [1.29, 1.82) is 0 Å². The molecule has 1 aliphatic heterocycles. The number of hydrogen-bond donors (Lipinski definition) is 1. The largest absolute Gasteiger partial charge is 0.497 e. The van der Waals surface area contributed by atoms with Crippen LogP contribution >= 0.6 is 0 Å². The Bertz CT molecular complexity index is 1370. The van der Waals surface area contributed by atoms with E-state index in [9.17, 15) is 29.3 Å². The predicted molar refractivity (Wildman–Crippen MR) is 130 cm³/mol. The Morgan fingerprint density at radius 2 is 1.81 bits per heavy atom. The molecule has 11 nitrogen and oxygen atoms in total. The van der Waals surface area contributed by atoms with Gasteiger partial charge in [-0.2, -0.15) is 0 Å². The molecule has 190 valence electrons. The molecule has 3 aliphatic rings. The summed E-state index contributed by atoms with van der Waals surface area (Å²) in [6.07, 6.45) is 2.94. The average molecular weight is 505 g/mol. The van der Waals surface area contributed by atoms with E-state index in [1.807, 2.05) is 6.92 Å². The second-order valence-corrected chi connectivity index (χ2v) is 9.29. The summed E-state index contributed by atoms with van der Waals surface area (Å²) in [6, 6.07) is 9.67. The first kappa shape index (κ1) is 24.2. The highest BCUT2D eigenvalue weighted by molar-refractivity contribution is 6.23. The summed E-state index contributed by atoms with van der Waals surface area (Å²) in [6.45, 7) is 1.32. The van der Waals surface area contributed by atoms with Crippen LogP contribution < -0.4 is 15.0 Å². The van der Waals surface area contributed by atoms with E-state index in [1.54, 1.807) is 0 Å². The lowest BCUT2D eigenvalue weighted by Gasteiger charge is -2.19. The lowest BCUT2D eigenvalue weighted by molar-refractivity contribution is -0.383. The molecule has 1 heterocycles. The minimum Gasteiger partial charge on any atom is -0.497 e. The van der Waals surface area contributed by atoms with Gasteiger partial charge in [0.25, 0.3) is 11.6 Å². The molecule has 5 rings (SSSR count). The average Bonchev–Trinajstić information content (AvgIpc) is 3.52. The third-order valence-corrected chi connectivity index (χ3v) is 7.25. The molecule has 2 aliphatic carbocycles. The third-order valence-electron chi connectivity index (χ3n) is 7.25. The fraction of sp³-hybridized carbons (Fsp3) is 0.308. The van der Waals surface area contributed by atoms with Gasteiger partial charge in [-0.3, -0.25) is 29.4 Å². The number of allylic oxidation sites excluding steroid dienone is 2. The fourth-order valence-corrected chi connectivity index (χ4v) is 5.58. The zero-order chi connectivity index (χ0) is 26.4. The third kappa shape index (κ3) is 4.11. The molecule has 37 heavy (non-hydrogen) atoms. The van der Waals surface area contributed by atoms with Crippen LogP contribution in [0.3, 0.4) is 0 Å². The number of nitrogens with zero attached hydrogens (tertiary/aromatic N) is 2. The smallest absolute Gasteiger partial charge is 0.338 e. The lowest BCUT2D eigenvalue weighted by atomic mass is 9.82. The molecule has 0 unspecified atom stereocenters. The quantitative estimate of drug-likeness (QED) is 0.199. The first-order chi connectivity index (χ1) is 17.7. The summed E-state index contributed by atoms with van der Waals surface area (Å²) < 4.78 is 10.0. The van der Waals surface area contributed by atoms with Crippen molar-refractivity contribution in [1.82, 2.24) is 0 Å². The van der Waals surface area contributed by atoms with Gasteiger partial charge in [-0.1, -0.05) is 11.6 Å². The highest BCUT2D eigenvalue weighted by Gasteiger charge is 2.60. The van der Waals surface area contributed by atoms with Crippen LogP contribution in [0.25, 0.3) is 0 Å². The second kappa shape index (κ2) is 9.16. The van der Waals surface area contributed by atoms with E-state index < -0.39 is 23.4 Å². The molecule has 2 bridgehead atoms. The van der Waals surface area contributed by atoms with E-state index in [1.165, 1.54) is 54.5 Å². The van der Waals surface area contributed by atoms with Crippen LogP contribution in [0, 0.1) is 33.8 Å². The number of carbonyl (C=O) groups is 4. The number of hydrogen-bond acceptors (Lipinski definition) is 8. The Morgan fingerprint density at radius 1 is 1.11 bits per heavy atom. The van der Waals surface area contributed by atoms with Gasteiger partial charge in [-0.25, -0.2) is 4.79 Å².